The maximum absolute atomic E-state index is 13.5. The van der Waals surface area contributed by atoms with E-state index in [-0.39, 0.29) is 42.8 Å². The van der Waals surface area contributed by atoms with E-state index in [1.54, 1.807) is 13.8 Å². The van der Waals surface area contributed by atoms with E-state index >= 15 is 0 Å². The van der Waals surface area contributed by atoms with E-state index < -0.39 is 51.3 Å². The summed E-state index contributed by atoms with van der Waals surface area (Å²) < 4.78 is 44.7. The summed E-state index contributed by atoms with van der Waals surface area (Å²) in [4.78, 5) is 26.8. The lowest BCUT2D eigenvalue weighted by molar-refractivity contribution is -0.385. The van der Waals surface area contributed by atoms with Gasteiger partial charge in [0, 0.05) is 25.4 Å². The van der Waals surface area contributed by atoms with Gasteiger partial charge in [0.05, 0.1) is 36.2 Å². The molecule has 1 amide bonds. The summed E-state index contributed by atoms with van der Waals surface area (Å²) in [6.45, 7) is 3.97. The lowest BCUT2D eigenvalue weighted by Crippen LogP contribution is -2.51. The molecule has 0 aliphatic carbocycles. The fourth-order valence-corrected chi connectivity index (χ4v) is 6.44. The highest BCUT2D eigenvalue weighted by molar-refractivity contribution is 7.89. The quantitative estimate of drug-likeness (QED) is 0.281. The molecule has 40 heavy (non-hydrogen) atoms. The lowest BCUT2D eigenvalue weighted by Gasteiger charge is -2.30. The standard InChI is InChI=1S/C26H34N4O9S/c1-17(2)14-29(40(35,36)20-11-19(30(33)34)12-27-13-20)15-23(31)22(10-18-6-4-3-5-7-18)28-26(32)39-24-16-38-25-21(24)8-9-37-25/h3-7,11-13,17,21-25,31H,8-10,14-16H2,1-2H3,(H,28,32)/t21?,22-,23+,24-,25+/m0/s1. The second-order valence-electron chi connectivity index (χ2n) is 10.3. The SMILES string of the molecule is CC(C)CN(C[C@@H](O)[C@H](Cc1ccccc1)NC(=O)O[C@H]1CO[C@H]2OCCC21)S(=O)(=O)c1cncc([N+](=O)[O-])c1. The first-order chi connectivity index (χ1) is 19.0. The minimum absolute atomic E-state index is 0.0209. The number of benzene rings is 1. The largest absolute Gasteiger partial charge is 0.443 e. The van der Waals surface area contributed by atoms with Crippen LogP contribution in [0, 0.1) is 22.0 Å². The summed E-state index contributed by atoms with van der Waals surface area (Å²) in [5.74, 6) is -0.207. The number of amides is 1. The summed E-state index contributed by atoms with van der Waals surface area (Å²) in [5.41, 5.74) is 0.338. The van der Waals surface area contributed by atoms with Gasteiger partial charge in [-0.15, -0.1) is 0 Å². The predicted octanol–water partition coefficient (Wildman–Crippen LogP) is 2.10. The number of alkyl carbamates (subject to hydrolysis) is 1. The zero-order chi connectivity index (χ0) is 28.9. The number of pyridine rings is 1. The van der Waals surface area contributed by atoms with Crippen LogP contribution in [-0.2, 0) is 30.7 Å². The number of carbonyl (C=O) groups is 1. The van der Waals surface area contributed by atoms with E-state index in [0.29, 0.717) is 13.0 Å². The molecule has 218 valence electrons. The van der Waals surface area contributed by atoms with Crippen LogP contribution in [0.5, 0.6) is 0 Å². The number of nitrogens with one attached hydrogen (secondary N) is 1. The highest BCUT2D eigenvalue weighted by Crippen LogP contribution is 2.33. The van der Waals surface area contributed by atoms with E-state index in [1.165, 1.54) is 0 Å². The molecule has 0 bridgehead atoms. The Labute approximate surface area is 232 Å². The van der Waals surface area contributed by atoms with Gasteiger partial charge >= 0.3 is 6.09 Å². The van der Waals surface area contributed by atoms with Crippen LogP contribution in [0.25, 0.3) is 0 Å². The smallest absolute Gasteiger partial charge is 0.407 e. The number of rotatable bonds is 12. The first-order valence-electron chi connectivity index (χ1n) is 13.1. The van der Waals surface area contributed by atoms with Crippen LogP contribution in [0.15, 0.2) is 53.7 Å². The molecule has 14 heteroatoms. The molecule has 2 fully saturated rings. The third-order valence-electron chi connectivity index (χ3n) is 6.82. The molecule has 0 saturated carbocycles. The highest BCUT2D eigenvalue weighted by Gasteiger charge is 2.44. The van der Waals surface area contributed by atoms with Gasteiger partial charge in [-0.25, -0.2) is 13.2 Å². The molecule has 4 rings (SSSR count). The van der Waals surface area contributed by atoms with E-state index in [2.05, 4.69) is 10.3 Å². The van der Waals surface area contributed by atoms with Crippen molar-refractivity contribution >= 4 is 21.8 Å². The fraction of sp³-hybridized carbons (Fsp3) is 0.538. The number of hydrogen-bond acceptors (Lipinski definition) is 10. The molecule has 2 N–H and O–H groups in total. The van der Waals surface area contributed by atoms with Gasteiger partial charge in [-0.2, -0.15) is 4.31 Å². The number of aromatic nitrogens is 1. The number of aliphatic hydroxyl groups excluding tert-OH is 1. The molecule has 2 aliphatic rings. The molecule has 2 aliphatic heterocycles. The Bertz CT molecular complexity index is 1280. The van der Waals surface area contributed by atoms with Crippen LogP contribution in [0.3, 0.4) is 0 Å². The fourth-order valence-electron chi connectivity index (χ4n) is 4.83. The Hall–Kier alpha value is -3.17. The number of ether oxygens (including phenoxy) is 3. The molecule has 3 heterocycles. The van der Waals surface area contributed by atoms with Gasteiger partial charge in [0.2, 0.25) is 10.0 Å². The van der Waals surface area contributed by atoms with Crippen molar-refractivity contribution in [1.82, 2.24) is 14.6 Å². The minimum Gasteiger partial charge on any atom is -0.443 e. The number of sulfonamides is 1. The van der Waals surface area contributed by atoms with Gasteiger partial charge in [0.25, 0.3) is 5.69 Å². The second-order valence-corrected chi connectivity index (χ2v) is 12.3. The zero-order valence-corrected chi connectivity index (χ0v) is 23.1. The van der Waals surface area contributed by atoms with Gasteiger partial charge < -0.3 is 24.6 Å². The van der Waals surface area contributed by atoms with E-state index in [0.717, 1.165) is 28.3 Å². The third kappa shape index (κ3) is 7.31. The van der Waals surface area contributed by atoms with Gasteiger partial charge in [-0.1, -0.05) is 44.2 Å². The third-order valence-corrected chi connectivity index (χ3v) is 8.61. The second kappa shape index (κ2) is 13.0. The Morgan fingerprint density at radius 3 is 2.70 bits per heavy atom. The van der Waals surface area contributed by atoms with E-state index in [1.807, 2.05) is 30.3 Å². The molecule has 5 atom stereocenters. The number of hydrogen-bond donors (Lipinski definition) is 2. The number of fused-ring (bicyclic) bond motifs is 1. The van der Waals surface area contributed by atoms with Crippen LogP contribution in [-0.4, -0.2) is 84.7 Å². The Morgan fingerprint density at radius 1 is 1.25 bits per heavy atom. The van der Waals surface area contributed by atoms with Crippen LogP contribution in [0.1, 0.15) is 25.8 Å². The lowest BCUT2D eigenvalue weighted by atomic mass is 10.0. The molecule has 1 aromatic heterocycles. The molecule has 0 radical (unpaired) electrons. The van der Waals surface area contributed by atoms with Crippen LogP contribution in [0.2, 0.25) is 0 Å². The highest BCUT2D eigenvalue weighted by atomic mass is 32.2. The topological polar surface area (TPSA) is 170 Å². The predicted molar refractivity (Wildman–Crippen MR) is 142 cm³/mol. The van der Waals surface area contributed by atoms with Crippen molar-refractivity contribution in [3.8, 4) is 0 Å². The molecular weight excluding hydrogens is 544 g/mol. The van der Waals surface area contributed by atoms with Crippen molar-refractivity contribution in [2.24, 2.45) is 11.8 Å². The first-order valence-corrected chi connectivity index (χ1v) is 14.5. The Balaban J connectivity index is 1.53. The van der Waals surface area contributed by atoms with Crippen molar-refractivity contribution < 1.29 is 37.5 Å². The van der Waals surface area contributed by atoms with Gasteiger partial charge in [-0.3, -0.25) is 15.1 Å². The van der Waals surface area contributed by atoms with Crippen LogP contribution in [0.4, 0.5) is 10.5 Å². The molecule has 0 spiro atoms. The molecule has 2 aromatic rings. The van der Waals surface area contributed by atoms with Crippen molar-refractivity contribution in [2.45, 2.75) is 56.1 Å². The summed E-state index contributed by atoms with van der Waals surface area (Å²) in [5, 5.41) is 25.2. The molecule has 13 nitrogen and oxygen atoms in total. The minimum atomic E-state index is -4.28. The van der Waals surface area contributed by atoms with E-state index in [4.69, 9.17) is 14.2 Å². The van der Waals surface area contributed by atoms with Gasteiger partial charge in [0.1, 0.15) is 17.2 Å². The first kappa shape index (κ1) is 29.8. The Kier molecular flexibility index (Phi) is 9.68. The van der Waals surface area contributed by atoms with Crippen molar-refractivity contribution in [2.75, 3.05) is 26.3 Å². The van der Waals surface area contributed by atoms with Crippen LogP contribution < -0.4 is 5.32 Å². The number of aliphatic hydroxyl groups is 1. The zero-order valence-electron chi connectivity index (χ0n) is 22.3. The van der Waals surface area contributed by atoms with Crippen molar-refractivity contribution in [3.05, 3.63) is 64.5 Å². The summed E-state index contributed by atoms with van der Waals surface area (Å²) >= 11 is 0. The maximum atomic E-state index is 13.5. The average Bonchev–Trinajstić information content (AvgIpc) is 3.53. The summed E-state index contributed by atoms with van der Waals surface area (Å²) in [7, 11) is -4.28. The normalized spacial score (nSPS) is 22.2. The molecule has 1 aromatic carbocycles. The van der Waals surface area contributed by atoms with E-state index in [9.17, 15) is 28.4 Å². The van der Waals surface area contributed by atoms with Crippen molar-refractivity contribution in [1.29, 1.82) is 0 Å². The summed E-state index contributed by atoms with van der Waals surface area (Å²) in [6, 6.07) is 9.14. The summed E-state index contributed by atoms with van der Waals surface area (Å²) in [6.07, 6.45) is -0.126. The average molecular weight is 579 g/mol. The van der Waals surface area contributed by atoms with Gasteiger partial charge in [-0.05, 0) is 24.3 Å². The molecule has 2 saturated heterocycles. The van der Waals surface area contributed by atoms with Crippen LogP contribution >= 0.6 is 0 Å². The monoisotopic (exact) mass is 578 g/mol. The number of nitro groups is 1. The Morgan fingerprint density at radius 2 is 2.00 bits per heavy atom. The number of nitrogens with zero attached hydrogens (tertiary/aromatic N) is 3. The maximum Gasteiger partial charge on any atom is 0.407 e. The van der Waals surface area contributed by atoms with Gasteiger partial charge in [0.15, 0.2) is 6.29 Å². The van der Waals surface area contributed by atoms with Crippen molar-refractivity contribution in [3.63, 3.8) is 0 Å². The molecule has 1 unspecified atom stereocenters. The number of carbonyl (C=O) groups excluding carboxylic acids is 1. The molecular formula is C26H34N4O9S.